The van der Waals surface area contributed by atoms with Gasteiger partial charge in [0, 0.05) is 5.69 Å². The van der Waals surface area contributed by atoms with Crippen LogP contribution in [0.2, 0.25) is 0 Å². The fourth-order valence-corrected chi connectivity index (χ4v) is 3.77. The van der Waals surface area contributed by atoms with Crippen LogP contribution in [0.25, 0.3) is 0 Å². The van der Waals surface area contributed by atoms with Crippen molar-refractivity contribution in [1.29, 1.82) is 0 Å². The third kappa shape index (κ3) is 4.79. The van der Waals surface area contributed by atoms with Crippen LogP contribution in [0.15, 0.2) is 72.8 Å². The molecule has 34 heavy (non-hydrogen) atoms. The molecule has 3 atom stereocenters. The minimum absolute atomic E-state index is 0.0354. The highest BCUT2D eigenvalue weighted by atomic mass is 19.1. The van der Waals surface area contributed by atoms with Crippen LogP contribution in [-0.2, 0) is 9.47 Å². The normalized spacial score (nSPS) is 18.3. The molecule has 1 fully saturated rings. The Kier molecular flexibility index (Phi) is 6.65. The van der Waals surface area contributed by atoms with Crippen LogP contribution in [0, 0.1) is 5.82 Å². The van der Waals surface area contributed by atoms with Crippen molar-refractivity contribution in [3.63, 3.8) is 0 Å². The van der Waals surface area contributed by atoms with E-state index >= 15 is 0 Å². The number of aliphatic hydroxyl groups is 1. The van der Waals surface area contributed by atoms with Gasteiger partial charge in [-0.2, -0.15) is 0 Å². The number of carbonyl (C=O) groups excluding carboxylic acids is 2. The van der Waals surface area contributed by atoms with Crippen molar-refractivity contribution in [2.45, 2.75) is 18.2 Å². The number of esters is 1. The molecule has 3 aromatic rings. The van der Waals surface area contributed by atoms with Crippen LogP contribution in [-0.4, -0.2) is 48.2 Å². The number of anilines is 1. The highest BCUT2D eigenvalue weighted by Gasteiger charge is 2.47. The van der Waals surface area contributed by atoms with Crippen molar-refractivity contribution in [2.75, 3.05) is 18.6 Å². The topological polar surface area (TPSA) is 106 Å². The summed E-state index contributed by atoms with van der Waals surface area (Å²) < 4.78 is 29.3. The van der Waals surface area contributed by atoms with Gasteiger partial charge in [0.05, 0.1) is 12.7 Å². The summed E-state index contributed by atoms with van der Waals surface area (Å²) in [4.78, 5) is 25.9. The fraction of sp³-hybridized carbons (Fsp3) is 0.200. The number of aliphatic hydroxyl groups excluding tert-OH is 1. The highest BCUT2D eigenvalue weighted by Crippen LogP contribution is 2.39. The Morgan fingerprint density at radius 3 is 2.50 bits per heavy atom. The Morgan fingerprint density at radius 2 is 1.82 bits per heavy atom. The number of halogens is 1. The summed E-state index contributed by atoms with van der Waals surface area (Å²) in [7, 11) is 1.27. The first-order valence-electron chi connectivity index (χ1n) is 10.4. The smallest absolute Gasteiger partial charge is 0.415 e. The Bertz CT molecular complexity index is 1170. The summed E-state index contributed by atoms with van der Waals surface area (Å²) in [6.07, 6.45) is -3.01. The third-order valence-corrected chi connectivity index (χ3v) is 5.42. The zero-order chi connectivity index (χ0) is 24.2. The zero-order valence-electron chi connectivity index (χ0n) is 18.1. The number of carbonyl (C=O) groups is 2. The van der Waals surface area contributed by atoms with Crippen LogP contribution < -0.4 is 9.64 Å². The van der Waals surface area contributed by atoms with E-state index in [4.69, 9.17) is 14.2 Å². The van der Waals surface area contributed by atoms with Gasteiger partial charge in [-0.3, -0.25) is 4.90 Å². The first-order valence-corrected chi connectivity index (χ1v) is 10.4. The average molecular weight is 467 g/mol. The lowest BCUT2D eigenvalue weighted by Gasteiger charge is -2.27. The minimum Gasteiger partial charge on any atom is -0.508 e. The van der Waals surface area contributed by atoms with Crippen molar-refractivity contribution in [3.05, 3.63) is 89.7 Å². The minimum atomic E-state index is -1.25. The standard InChI is InChI=1S/C25H22FNO7/c1-32-24(30)16-3-2-4-20(13-16)33-14-21(29)23-22(15-5-11-19(28)12-6-15)27(25(31)34-23)18-9-7-17(26)8-10-18/h2-13,21-23,28-29H,14H2,1H3/t21?,22-,23?/m1/s1. The van der Waals surface area contributed by atoms with Crippen LogP contribution in [0.5, 0.6) is 11.5 Å². The molecule has 2 unspecified atom stereocenters. The van der Waals surface area contributed by atoms with Crippen molar-refractivity contribution in [1.82, 2.24) is 0 Å². The van der Waals surface area contributed by atoms with Gasteiger partial charge in [-0.05, 0) is 60.2 Å². The monoisotopic (exact) mass is 467 g/mol. The number of phenolic OH excluding ortho intramolecular Hbond substituents is 1. The maximum atomic E-state index is 13.5. The molecule has 1 aliphatic heterocycles. The first kappa shape index (κ1) is 23.1. The molecular formula is C25H22FNO7. The molecule has 0 saturated carbocycles. The first-order chi connectivity index (χ1) is 16.4. The molecule has 0 bridgehead atoms. The summed E-state index contributed by atoms with van der Waals surface area (Å²) in [5.41, 5.74) is 1.25. The molecule has 0 aromatic heterocycles. The molecule has 1 heterocycles. The number of amides is 1. The Labute approximate surface area is 194 Å². The Hall–Kier alpha value is -4.11. The van der Waals surface area contributed by atoms with Crippen LogP contribution in [0.3, 0.4) is 0 Å². The van der Waals surface area contributed by atoms with Gasteiger partial charge in [0.1, 0.15) is 36.1 Å². The van der Waals surface area contributed by atoms with E-state index in [0.29, 0.717) is 17.0 Å². The number of aromatic hydroxyl groups is 1. The molecule has 0 spiro atoms. The molecule has 4 rings (SSSR count). The van der Waals surface area contributed by atoms with E-state index in [1.807, 2.05) is 0 Å². The molecule has 1 saturated heterocycles. The molecule has 0 aliphatic carbocycles. The van der Waals surface area contributed by atoms with E-state index in [0.717, 1.165) is 0 Å². The molecule has 2 N–H and O–H groups in total. The van der Waals surface area contributed by atoms with E-state index in [9.17, 15) is 24.2 Å². The maximum Gasteiger partial charge on any atom is 0.415 e. The van der Waals surface area contributed by atoms with Crippen molar-refractivity contribution < 1.29 is 38.4 Å². The lowest BCUT2D eigenvalue weighted by molar-refractivity contribution is -0.00649. The van der Waals surface area contributed by atoms with E-state index in [-0.39, 0.29) is 17.9 Å². The number of rotatable bonds is 7. The van der Waals surface area contributed by atoms with Crippen LogP contribution >= 0.6 is 0 Å². The predicted molar refractivity (Wildman–Crippen MR) is 119 cm³/mol. The summed E-state index contributed by atoms with van der Waals surface area (Å²) >= 11 is 0. The second kappa shape index (κ2) is 9.80. The molecule has 1 aliphatic rings. The number of cyclic esters (lactones) is 1. The van der Waals surface area contributed by atoms with Crippen LogP contribution in [0.4, 0.5) is 14.9 Å². The van der Waals surface area contributed by atoms with Gasteiger partial charge >= 0.3 is 12.1 Å². The Morgan fingerprint density at radius 1 is 1.12 bits per heavy atom. The average Bonchev–Trinajstić information content (AvgIpc) is 3.20. The zero-order valence-corrected chi connectivity index (χ0v) is 18.1. The summed E-state index contributed by atoms with van der Waals surface area (Å²) in [5, 5.41) is 20.6. The van der Waals surface area contributed by atoms with Crippen molar-refractivity contribution >= 4 is 17.7 Å². The number of nitrogens with zero attached hydrogens (tertiary/aromatic N) is 1. The molecule has 176 valence electrons. The van der Waals surface area contributed by atoms with Gasteiger partial charge in [-0.25, -0.2) is 14.0 Å². The molecule has 1 amide bonds. The number of benzene rings is 3. The lowest BCUT2D eigenvalue weighted by atomic mass is 9.96. The second-order valence-electron chi connectivity index (χ2n) is 7.63. The largest absolute Gasteiger partial charge is 0.508 e. The predicted octanol–water partition coefficient (Wildman–Crippen LogP) is 3.82. The van der Waals surface area contributed by atoms with E-state index < -0.39 is 36.1 Å². The number of hydrogen-bond donors (Lipinski definition) is 2. The van der Waals surface area contributed by atoms with E-state index in [1.54, 1.807) is 30.3 Å². The number of phenols is 1. The molecule has 0 radical (unpaired) electrons. The van der Waals surface area contributed by atoms with Gasteiger partial charge in [0.25, 0.3) is 0 Å². The maximum absolute atomic E-state index is 13.5. The summed E-state index contributed by atoms with van der Waals surface area (Å²) in [6, 6.07) is 16.9. The SMILES string of the molecule is COC(=O)c1cccc(OCC(O)C2OC(=O)N(c3ccc(F)cc3)[C@@H]2c2ccc(O)cc2)c1. The highest BCUT2D eigenvalue weighted by molar-refractivity contribution is 5.91. The Balaban J connectivity index is 1.59. The molecule has 3 aromatic carbocycles. The van der Waals surface area contributed by atoms with Crippen molar-refractivity contribution in [3.8, 4) is 11.5 Å². The summed E-state index contributed by atoms with van der Waals surface area (Å²) in [5.74, 6) is -0.634. The number of hydrogen-bond acceptors (Lipinski definition) is 7. The van der Waals surface area contributed by atoms with Gasteiger partial charge in [-0.15, -0.1) is 0 Å². The van der Waals surface area contributed by atoms with Gasteiger partial charge in [0.15, 0.2) is 6.10 Å². The number of methoxy groups -OCH3 is 1. The number of ether oxygens (including phenoxy) is 3. The van der Waals surface area contributed by atoms with Crippen LogP contribution in [0.1, 0.15) is 22.0 Å². The summed E-state index contributed by atoms with van der Waals surface area (Å²) in [6.45, 7) is -0.242. The van der Waals surface area contributed by atoms with E-state index in [2.05, 4.69) is 0 Å². The third-order valence-electron chi connectivity index (χ3n) is 5.42. The van der Waals surface area contributed by atoms with Crippen molar-refractivity contribution in [2.24, 2.45) is 0 Å². The van der Waals surface area contributed by atoms with Gasteiger partial charge < -0.3 is 24.4 Å². The van der Waals surface area contributed by atoms with Gasteiger partial charge in [-0.1, -0.05) is 18.2 Å². The van der Waals surface area contributed by atoms with E-state index in [1.165, 1.54) is 54.5 Å². The second-order valence-corrected chi connectivity index (χ2v) is 7.63. The lowest BCUT2D eigenvalue weighted by Crippen LogP contribution is -2.38. The fourth-order valence-electron chi connectivity index (χ4n) is 3.77. The molecule has 9 heteroatoms. The quantitative estimate of drug-likeness (QED) is 0.509. The molecule has 8 nitrogen and oxygen atoms in total. The molecular weight excluding hydrogens is 445 g/mol. The van der Waals surface area contributed by atoms with Gasteiger partial charge in [0.2, 0.25) is 0 Å².